The summed E-state index contributed by atoms with van der Waals surface area (Å²) in [7, 11) is 0. The highest BCUT2D eigenvalue weighted by molar-refractivity contribution is 6.33. The summed E-state index contributed by atoms with van der Waals surface area (Å²) in [6.07, 6.45) is 0. The number of hydrogen-bond donors (Lipinski definition) is 3. The highest BCUT2D eigenvalue weighted by atomic mass is 35.5. The molecule has 2 aromatic carbocycles. The van der Waals surface area contributed by atoms with E-state index < -0.39 is 0 Å². The number of aliphatic hydroxyl groups is 1. The molecule has 29 heavy (non-hydrogen) atoms. The smallest absolute Gasteiger partial charge is 0.172 e. The topological polar surface area (TPSA) is 80.4 Å². The standard InChI is InChI=1S/C22H22ClN5O/c1-15(27-10-12-28(13-11-27)20-9-5-2-6-17(20)23)21(29)16(14-24)22-25-18-7-3-4-8-19(18)26-22/h2-9,15,29H,10-13H2,1H3,(H,25,26)/p+1/b21-16-/t15-/m0/s1. The summed E-state index contributed by atoms with van der Waals surface area (Å²) >= 11 is 6.33. The van der Waals surface area contributed by atoms with Crippen LogP contribution in [0, 0.1) is 11.3 Å². The van der Waals surface area contributed by atoms with Gasteiger partial charge in [0.25, 0.3) is 0 Å². The number of nitrogens with zero attached hydrogens (tertiary/aromatic N) is 3. The number of halogens is 1. The number of hydrogen-bond acceptors (Lipinski definition) is 4. The number of rotatable bonds is 4. The molecule has 1 atom stereocenters. The fourth-order valence-corrected chi connectivity index (χ4v) is 4.14. The van der Waals surface area contributed by atoms with E-state index in [1.807, 2.05) is 55.5 Å². The Kier molecular flexibility index (Phi) is 5.43. The lowest BCUT2D eigenvalue weighted by molar-refractivity contribution is -0.919. The number of anilines is 1. The molecule has 2 heterocycles. The number of aromatic amines is 1. The Bertz CT molecular complexity index is 1060. The molecule has 1 fully saturated rings. The third-order valence-electron chi connectivity index (χ3n) is 5.62. The Morgan fingerprint density at radius 2 is 1.90 bits per heavy atom. The number of fused-ring (bicyclic) bond motifs is 1. The SMILES string of the molecule is C[C@@H](/C(O)=C(\C#N)c1nc2ccccc2[nH]1)[NH+]1CCN(c2ccccc2Cl)CC1. The van der Waals surface area contributed by atoms with Crippen LogP contribution < -0.4 is 9.80 Å². The zero-order valence-corrected chi connectivity index (χ0v) is 16.9. The Balaban J connectivity index is 1.52. The number of H-pyrrole nitrogens is 1. The van der Waals surface area contributed by atoms with Crippen LogP contribution in [-0.4, -0.2) is 47.3 Å². The van der Waals surface area contributed by atoms with Crippen molar-refractivity contribution in [2.45, 2.75) is 13.0 Å². The lowest BCUT2D eigenvalue weighted by Gasteiger charge is -2.36. The van der Waals surface area contributed by atoms with Crippen molar-refractivity contribution in [1.29, 1.82) is 5.26 Å². The first-order valence-corrected chi connectivity index (χ1v) is 10.1. The Hall–Kier alpha value is -3.01. The molecule has 7 heteroatoms. The van der Waals surface area contributed by atoms with E-state index in [0.717, 1.165) is 47.9 Å². The molecule has 1 saturated heterocycles. The van der Waals surface area contributed by atoms with Crippen LogP contribution in [0.3, 0.4) is 0 Å². The van der Waals surface area contributed by atoms with Crippen LogP contribution in [0.25, 0.3) is 16.6 Å². The quantitative estimate of drug-likeness (QED) is 0.458. The van der Waals surface area contributed by atoms with Crippen LogP contribution in [-0.2, 0) is 0 Å². The molecule has 1 aliphatic rings. The van der Waals surface area contributed by atoms with E-state index in [2.05, 4.69) is 20.9 Å². The minimum atomic E-state index is -0.203. The summed E-state index contributed by atoms with van der Waals surface area (Å²) in [4.78, 5) is 11.1. The lowest BCUT2D eigenvalue weighted by Crippen LogP contribution is -3.18. The molecule has 0 radical (unpaired) electrons. The molecule has 6 nitrogen and oxygen atoms in total. The maximum absolute atomic E-state index is 10.9. The average Bonchev–Trinajstić information content (AvgIpc) is 3.18. The molecule has 0 amide bonds. The number of nitrogens with one attached hydrogen (secondary N) is 2. The Labute approximate surface area is 174 Å². The van der Waals surface area contributed by atoms with Gasteiger partial charge in [-0.1, -0.05) is 35.9 Å². The Morgan fingerprint density at radius 3 is 2.59 bits per heavy atom. The summed E-state index contributed by atoms with van der Waals surface area (Å²) in [5, 5.41) is 21.3. The molecule has 148 valence electrons. The van der Waals surface area contributed by atoms with Gasteiger partial charge in [-0.2, -0.15) is 5.26 Å². The van der Waals surface area contributed by atoms with Gasteiger partial charge in [-0.25, -0.2) is 4.98 Å². The third kappa shape index (κ3) is 3.80. The van der Waals surface area contributed by atoms with Gasteiger partial charge in [-0.05, 0) is 31.2 Å². The van der Waals surface area contributed by atoms with E-state index in [1.165, 1.54) is 4.90 Å². The summed E-state index contributed by atoms with van der Waals surface area (Å²) in [5.74, 6) is 0.486. The van der Waals surface area contributed by atoms with E-state index in [-0.39, 0.29) is 17.4 Å². The van der Waals surface area contributed by atoms with Crippen LogP contribution in [0.4, 0.5) is 5.69 Å². The molecule has 0 spiro atoms. The number of piperazine rings is 1. The fraction of sp³-hybridized carbons (Fsp3) is 0.273. The highest BCUT2D eigenvalue weighted by Crippen LogP contribution is 2.25. The first-order valence-electron chi connectivity index (χ1n) is 9.71. The van der Waals surface area contributed by atoms with Gasteiger partial charge in [0.1, 0.15) is 17.7 Å². The number of nitriles is 1. The minimum absolute atomic E-state index is 0.0766. The predicted octanol–water partition coefficient (Wildman–Crippen LogP) is 2.80. The van der Waals surface area contributed by atoms with E-state index in [9.17, 15) is 10.4 Å². The second kappa shape index (κ2) is 8.16. The van der Waals surface area contributed by atoms with Gasteiger partial charge in [0, 0.05) is 0 Å². The van der Waals surface area contributed by atoms with Gasteiger partial charge in [0.2, 0.25) is 0 Å². The number of allylic oxidation sites excluding steroid dienone is 1. The second-order valence-electron chi connectivity index (χ2n) is 7.29. The van der Waals surface area contributed by atoms with Crippen molar-refractivity contribution < 1.29 is 10.0 Å². The molecule has 3 N–H and O–H groups in total. The molecule has 0 unspecified atom stereocenters. The lowest BCUT2D eigenvalue weighted by atomic mass is 10.1. The van der Waals surface area contributed by atoms with Crippen molar-refractivity contribution in [1.82, 2.24) is 9.97 Å². The van der Waals surface area contributed by atoms with Crippen molar-refractivity contribution in [3.05, 3.63) is 65.1 Å². The van der Waals surface area contributed by atoms with Crippen molar-refractivity contribution in [2.24, 2.45) is 0 Å². The zero-order chi connectivity index (χ0) is 20.4. The van der Waals surface area contributed by atoms with Crippen molar-refractivity contribution >= 4 is 33.9 Å². The van der Waals surface area contributed by atoms with Gasteiger partial charge < -0.3 is 19.9 Å². The van der Waals surface area contributed by atoms with E-state index in [1.54, 1.807) is 0 Å². The van der Waals surface area contributed by atoms with Gasteiger partial charge in [-0.3, -0.25) is 0 Å². The van der Waals surface area contributed by atoms with Crippen molar-refractivity contribution in [2.75, 3.05) is 31.1 Å². The number of quaternary nitrogens is 1. The van der Waals surface area contributed by atoms with Crippen LogP contribution in [0.2, 0.25) is 5.02 Å². The zero-order valence-electron chi connectivity index (χ0n) is 16.2. The second-order valence-corrected chi connectivity index (χ2v) is 7.70. The first-order chi connectivity index (χ1) is 14.1. The van der Waals surface area contributed by atoms with Gasteiger partial charge in [0.05, 0.1) is 47.9 Å². The monoisotopic (exact) mass is 408 g/mol. The van der Waals surface area contributed by atoms with E-state index in [4.69, 9.17) is 11.6 Å². The summed E-state index contributed by atoms with van der Waals surface area (Å²) in [6.45, 7) is 5.31. The molecule has 3 aromatic rings. The molecule has 0 aliphatic carbocycles. The van der Waals surface area contributed by atoms with Crippen molar-refractivity contribution in [3.63, 3.8) is 0 Å². The molecular weight excluding hydrogens is 386 g/mol. The van der Waals surface area contributed by atoms with Crippen LogP contribution in [0.15, 0.2) is 54.3 Å². The average molecular weight is 409 g/mol. The predicted molar refractivity (Wildman–Crippen MR) is 115 cm³/mol. The maximum Gasteiger partial charge on any atom is 0.172 e. The number of imidazole rings is 1. The van der Waals surface area contributed by atoms with Crippen LogP contribution in [0.1, 0.15) is 12.7 Å². The maximum atomic E-state index is 10.9. The van der Waals surface area contributed by atoms with E-state index >= 15 is 0 Å². The van der Waals surface area contributed by atoms with Gasteiger partial charge >= 0.3 is 0 Å². The number of aromatic nitrogens is 2. The number of para-hydroxylation sites is 3. The molecule has 1 aliphatic heterocycles. The van der Waals surface area contributed by atoms with Crippen LogP contribution in [0.5, 0.6) is 0 Å². The van der Waals surface area contributed by atoms with Crippen molar-refractivity contribution in [3.8, 4) is 6.07 Å². The largest absolute Gasteiger partial charge is 0.505 e. The summed E-state index contributed by atoms with van der Waals surface area (Å²) in [5.41, 5.74) is 2.86. The highest BCUT2D eigenvalue weighted by Gasteiger charge is 2.30. The van der Waals surface area contributed by atoms with Gasteiger partial charge in [0.15, 0.2) is 11.6 Å². The first kappa shape index (κ1) is 19.3. The van der Waals surface area contributed by atoms with Crippen LogP contribution >= 0.6 is 11.6 Å². The molecule has 0 bridgehead atoms. The minimum Gasteiger partial charge on any atom is -0.505 e. The molecule has 1 aromatic heterocycles. The van der Waals surface area contributed by atoms with E-state index in [0.29, 0.717) is 5.82 Å². The third-order valence-corrected chi connectivity index (χ3v) is 5.94. The molecular formula is C22H23ClN5O+. The number of benzene rings is 2. The number of aliphatic hydroxyl groups excluding tert-OH is 1. The summed E-state index contributed by atoms with van der Waals surface area (Å²) < 4.78 is 0. The molecule has 4 rings (SSSR count). The Morgan fingerprint density at radius 1 is 1.21 bits per heavy atom. The van der Waals surface area contributed by atoms with Gasteiger partial charge in [-0.15, -0.1) is 0 Å². The molecule has 0 saturated carbocycles. The normalized spacial score (nSPS) is 17.1. The fourth-order valence-electron chi connectivity index (χ4n) is 3.89. The summed E-state index contributed by atoms with van der Waals surface area (Å²) in [6, 6.07) is 17.4.